The molecule has 0 radical (unpaired) electrons. The van der Waals surface area contributed by atoms with Crippen molar-refractivity contribution < 1.29 is 4.79 Å². The van der Waals surface area contributed by atoms with Gasteiger partial charge in [-0.1, -0.05) is 41.6 Å². The number of halogens is 1. The van der Waals surface area contributed by atoms with Crippen molar-refractivity contribution >= 4 is 17.5 Å². The lowest BCUT2D eigenvalue weighted by molar-refractivity contribution is 0.0958. The fourth-order valence-corrected chi connectivity index (χ4v) is 1.62. The van der Waals surface area contributed by atoms with Gasteiger partial charge in [0, 0.05) is 16.1 Å². The molecule has 0 heterocycles. The third-order valence-corrected chi connectivity index (χ3v) is 2.70. The fourth-order valence-electron chi connectivity index (χ4n) is 1.50. The van der Waals surface area contributed by atoms with E-state index in [1.165, 1.54) is 0 Å². The van der Waals surface area contributed by atoms with Gasteiger partial charge in [0.15, 0.2) is 0 Å². The van der Waals surface area contributed by atoms with E-state index in [-0.39, 0.29) is 5.91 Å². The lowest BCUT2D eigenvalue weighted by Gasteiger charge is -2.00. The minimum atomic E-state index is -0.154. The van der Waals surface area contributed by atoms with Crippen LogP contribution in [-0.4, -0.2) is 12.5 Å². The van der Waals surface area contributed by atoms with Crippen LogP contribution in [0.15, 0.2) is 54.6 Å². The molecule has 94 valence electrons. The van der Waals surface area contributed by atoms with Gasteiger partial charge >= 0.3 is 0 Å². The predicted molar refractivity (Wildman–Crippen MR) is 77.1 cm³/mol. The highest BCUT2D eigenvalue weighted by Gasteiger charge is 2.02. The third-order valence-electron chi connectivity index (χ3n) is 2.45. The number of hydrogen-bond acceptors (Lipinski definition) is 1. The largest absolute Gasteiger partial charge is 0.341 e. The molecule has 19 heavy (non-hydrogen) atoms. The van der Waals surface area contributed by atoms with Gasteiger partial charge in [0.25, 0.3) is 5.91 Å². The molecule has 1 amide bonds. The summed E-state index contributed by atoms with van der Waals surface area (Å²) >= 11 is 5.76. The van der Waals surface area contributed by atoms with Crippen LogP contribution >= 0.6 is 11.6 Å². The zero-order valence-electron chi connectivity index (χ0n) is 10.2. The third kappa shape index (κ3) is 4.17. The maximum Gasteiger partial charge on any atom is 0.252 e. The first-order valence-electron chi connectivity index (χ1n) is 5.83. The van der Waals surface area contributed by atoms with Crippen LogP contribution < -0.4 is 5.32 Å². The summed E-state index contributed by atoms with van der Waals surface area (Å²) in [6.45, 7) is 0.316. The molecule has 0 aliphatic carbocycles. The zero-order valence-corrected chi connectivity index (χ0v) is 10.9. The van der Waals surface area contributed by atoms with Crippen LogP contribution in [0.4, 0.5) is 0 Å². The van der Waals surface area contributed by atoms with Crippen molar-refractivity contribution in [3.63, 3.8) is 0 Å². The Morgan fingerprint density at radius 3 is 2.42 bits per heavy atom. The summed E-state index contributed by atoms with van der Waals surface area (Å²) in [6.07, 6.45) is 0. The van der Waals surface area contributed by atoms with Gasteiger partial charge in [-0.05, 0) is 36.4 Å². The molecule has 0 aromatic heterocycles. The van der Waals surface area contributed by atoms with Crippen LogP contribution in [0.25, 0.3) is 0 Å². The van der Waals surface area contributed by atoms with E-state index < -0.39 is 0 Å². The van der Waals surface area contributed by atoms with Crippen molar-refractivity contribution in [3.8, 4) is 11.8 Å². The van der Waals surface area contributed by atoms with E-state index in [9.17, 15) is 4.79 Å². The molecule has 0 saturated carbocycles. The summed E-state index contributed by atoms with van der Waals surface area (Å²) in [7, 11) is 0. The Morgan fingerprint density at radius 1 is 1.05 bits per heavy atom. The molecule has 1 N–H and O–H groups in total. The molecule has 0 saturated heterocycles. The van der Waals surface area contributed by atoms with E-state index in [1.54, 1.807) is 24.3 Å². The van der Waals surface area contributed by atoms with Crippen molar-refractivity contribution in [2.75, 3.05) is 6.54 Å². The summed E-state index contributed by atoms with van der Waals surface area (Å²) in [5.41, 5.74) is 1.51. The lowest BCUT2D eigenvalue weighted by atomic mass is 10.2. The van der Waals surface area contributed by atoms with E-state index in [2.05, 4.69) is 17.2 Å². The molecule has 0 unspecified atom stereocenters. The van der Waals surface area contributed by atoms with E-state index in [0.29, 0.717) is 17.1 Å². The van der Waals surface area contributed by atoms with Crippen LogP contribution in [0.2, 0.25) is 5.02 Å². The Hall–Kier alpha value is -2.24. The minimum absolute atomic E-state index is 0.154. The minimum Gasteiger partial charge on any atom is -0.341 e. The number of benzene rings is 2. The van der Waals surface area contributed by atoms with Crippen molar-refractivity contribution in [1.29, 1.82) is 0 Å². The highest BCUT2D eigenvalue weighted by Crippen LogP contribution is 2.09. The maximum absolute atomic E-state index is 11.7. The molecule has 0 aliphatic heterocycles. The Labute approximate surface area is 117 Å². The average molecular weight is 270 g/mol. The standard InChI is InChI=1S/C16H12ClNO/c17-15-10-8-14(9-11-15)16(19)18-12-4-7-13-5-2-1-3-6-13/h1-3,5-6,8-11H,12H2,(H,18,19). The summed E-state index contributed by atoms with van der Waals surface area (Å²) in [5, 5.41) is 3.34. The number of amides is 1. The second-order valence-electron chi connectivity index (χ2n) is 3.86. The second kappa shape index (κ2) is 6.63. The highest BCUT2D eigenvalue weighted by atomic mass is 35.5. The number of carbonyl (C=O) groups is 1. The Bertz CT molecular complexity index is 609. The Balaban J connectivity index is 1.88. The maximum atomic E-state index is 11.7. The summed E-state index contributed by atoms with van der Waals surface area (Å²) in [5.74, 6) is 5.73. The van der Waals surface area contributed by atoms with Crippen molar-refractivity contribution in [3.05, 3.63) is 70.7 Å². The quantitative estimate of drug-likeness (QED) is 0.834. The van der Waals surface area contributed by atoms with E-state index in [0.717, 1.165) is 5.56 Å². The Morgan fingerprint density at radius 2 is 1.74 bits per heavy atom. The first kappa shape index (κ1) is 13.2. The molecule has 0 spiro atoms. The van der Waals surface area contributed by atoms with Gasteiger partial charge in [-0.15, -0.1) is 0 Å². The molecule has 2 aromatic rings. The molecular weight excluding hydrogens is 258 g/mol. The lowest BCUT2D eigenvalue weighted by Crippen LogP contribution is -2.23. The van der Waals surface area contributed by atoms with Crippen molar-refractivity contribution in [2.45, 2.75) is 0 Å². The predicted octanol–water partition coefficient (Wildman–Crippen LogP) is 3.12. The Kier molecular flexibility index (Phi) is 4.60. The molecule has 0 atom stereocenters. The van der Waals surface area contributed by atoms with Crippen LogP contribution in [0.5, 0.6) is 0 Å². The van der Waals surface area contributed by atoms with Gasteiger partial charge in [-0.2, -0.15) is 0 Å². The average Bonchev–Trinajstić information content (AvgIpc) is 2.45. The number of carbonyl (C=O) groups excluding carboxylic acids is 1. The van der Waals surface area contributed by atoms with Gasteiger partial charge in [-0.3, -0.25) is 4.79 Å². The number of nitrogens with one attached hydrogen (secondary N) is 1. The molecule has 2 aromatic carbocycles. The normalized spacial score (nSPS) is 9.32. The first-order chi connectivity index (χ1) is 9.25. The van der Waals surface area contributed by atoms with Crippen molar-refractivity contribution in [2.24, 2.45) is 0 Å². The molecule has 0 aliphatic rings. The summed E-state index contributed by atoms with van der Waals surface area (Å²) < 4.78 is 0. The monoisotopic (exact) mass is 269 g/mol. The van der Waals surface area contributed by atoms with E-state index in [4.69, 9.17) is 11.6 Å². The summed E-state index contributed by atoms with van der Waals surface area (Å²) in [4.78, 5) is 11.7. The topological polar surface area (TPSA) is 29.1 Å². The molecular formula is C16H12ClNO. The van der Waals surface area contributed by atoms with E-state index >= 15 is 0 Å². The van der Waals surface area contributed by atoms with E-state index in [1.807, 2.05) is 30.3 Å². The summed E-state index contributed by atoms with van der Waals surface area (Å²) in [6, 6.07) is 16.4. The van der Waals surface area contributed by atoms with Crippen molar-refractivity contribution in [1.82, 2.24) is 5.32 Å². The number of hydrogen-bond donors (Lipinski definition) is 1. The molecule has 2 rings (SSSR count). The van der Waals surface area contributed by atoms with Crippen LogP contribution in [0, 0.1) is 11.8 Å². The molecule has 2 nitrogen and oxygen atoms in total. The first-order valence-corrected chi connectivity index (χ1v) is 6.21. The molecule has 0 bridgehead atoms. The second-order valence-corrected chi connectivity index (χ2v) is 4.29. The van der Waals surface area contributed by atoms with Gasteiger partial charge in [0.2, 0.25) is 0 Å². The number of rotatable bonds is 2. The smallest absolute Gasteiger partial charge is 0.252 e. The molecule has 0 fully saturated rings. The van der Waals surface area contributed by atoms with Gasteiger partial charge < -0.3 is 5.32 Å². The van der Waals surface area contributed by atoms with Gasteiger partial charge in [-0.25, -0.2) is 0 Å². The SMILES string of the molecule is O=C(NCC#Cc1ccccc1)c1ccc(Cl)cc1. The fraction of sp³-hybridized carbons (Fsp3) is 0.0625. The highest BCUT2D eigenvalue weighted by molar-refractivity contribution is 6.30. The van der Waals surface area contributed by atoms with Crippen LogP contribution in [0.1, 0.15) is 15.9 Å². The molecule has 3 heteroatoms. The zero-order chi connectivity index (χ0) is 13.5. The van der Waals surface area contributed by atoms with Gasteiger partial charge in [0.05, 0.1) is 6.54 Å². The van der Waals surface area contributed by atoms with Crippen LogP contribution in [-0.2, 0) is 0 Å². The van der Waals surface area contributed by atoms with Crippen LogP contribution in [0.3, 0.4) is 0 Å². The van der Waals surface area contributed by atoms with Gasteiger partial charge in [0.1, 0.15) is 0 Å².